The summed E-state index contributed by atoms with van der Waals surface area (Å²) in [7, 11) is 0. The summed E-state index contributed by atoms with van der Waals surface area (Å²) in [5.74, 6) is 0. The van der Waals surface area contributed by atoms with Crippen LogP contribution in [0.25, 0.3) is 11.1 Å². The summed E-state index contributed by atoms with van der Waals surface area (Å²) in [4.78, 5) is 0. The average Bonchev–Trinajstić information content (AvgIpc) is 2.73. The summed E-state index contributed by atoms with van der Waals surface area (Å²) < 4.78 is 2.11. The van der Waals surface area contributed by atoms with E-state index in [0.717, 1.165) is 25.1 Å². The van der Waals surface area contributed by atoms with Gasteiger partial charge in [0, 0.05) is 23.8 Å². The second kappa shape index (κ2) is 6.23. The molecule has 0 fully saturated rings. The summed E-state index contributed by atoms with van der Waals surface area (Å²) >= 11 is 0. The van der Waals surface area contributed by atoms with Crippen molar-refractivity contribution in [2.75, 3.05) is 0 Å². The molecule has 0 saturated carbocycles. The Morgan fingerprint density at radius 2 is 1.80 bits per heavy atom. The van der Waals surface area contributed by atoms with Crippen molar-refractivity contribution in [1.82, 2.24) is 9.78 Å². The predicted molar refractivity (Wildman–Crippen MR) is 84.6 cm³/mol. The lowest BCUT2D eigenvalue weighted by Crippen LogP contribution is -2.08. The van der Waals surface area contributed by atoms with Crippen LogP contribution in [0.1, 0.15) is 49.7 Å². The zero-order valence-corrected chi connectivity index (χ0v) is 13.0. The van der Waals surface area contributed by atoms with Crippen LogP contribution >= 0.6 is 0 Å². The molecule has 2 N–H and O–H groups in total. The quantitative estimate of drug-likeness (QED) is 0.893. The van der Waals surface area contributed by atoms with Crippen molar-refractivity contribution >= 4 is 0 Å². The molecular weight excluding hydrogens is 246 g/mol. The normalized spacial score (nSPS) is 12.7. The molecule has 0 radical (unpaired) electrons. The van der Waals surface area contributed by atoms with Crippen molar-refractivity contribution in [3.63, 3.8) is 0 Å². The van der Waals surface area contributed by atoms with Crippen LogP contribution in [0.4, 0.5) is 0 Å². The van der Waals surface area contributed by atoms with Crippen LogP contribution in [-0.2, 0) is 6.54 Å². The maximum absolute atomic E-state index is 6.07. The summed E-state index contributed by atoms with van der Waals surface area (Å²) in [6.07, 6.45) is 2.07. The molecule has 1 unspecified atom stereocenters. The van der Waals surface area contributed by atoms with E-state index >= 15 is 0 Å². The lowest BCUT2D eigenvalue weighted by atomic mass is 9.99. The molecule has 1 heterocycles. The van der Waals surface area contributed by atoms with E-state index in [1.54, 1.807) is 0 Å². The molecule has 1 aromatic heterocycles. The topological polar surface area (TPSA) is 43.8 Å². The van der Waals surface area contributed by atoms with Crippen molar-refractivity contribution in [2.45, 2.75) is 53.1 Å². The number of rotatable bonds is 5. The number of hydrogen-bond acceptors (Lipinski definition) is 2. The highest BCUT2D eigenvalue weighted by Gasteiger charge is 2.13. The standard InChI is InChI=1S/C17H25N3/c1-5-11-20-13(4)17(12(3)19-20)15-9-7-14(8-10-15)16(18)6-2/h7-10,16H,5-6,11,18H2,1-4H3. The second-order valence-corrected chi connectivity index (χ2v) is 5.41. The van der Waals surface area contributed by atoms with Gasteiger partial charge in [0.15, 0.2) is 0 Å². The van der Waals surface area contributed by atoms with Gasteiger partial charge in [-0.1, -0.05) is 38.1 Å². The largest absolute Gasteiger partial charge is 0.324 e. The van der Waals surface area contributed by atoms with Crippen molar-refractivity contribution < 1.29 is 0 Å². The van der Waals surface area contributed by atoms with Gasteiger partial charge >= 0.3 is 0 Å². The first-order valence-electron chi connectivity index (χ1n) is 7.48. The molecule has 0 aliphatic rings. The van der Waals surface area contributed by atoms with E-state index in [2.05, 4.69) is 61.7 Å². The molecule has 0 amide bonds. The van der Waals surface area contributed by atoms with Crippen LogP contribution in [0.15, 0.2) is 24.3 Å². The predicted octanol–water partition coefficient (Wildman–Crippen LogP) is 3.99. The molecule has 0 spiro atoms. The number of aryl methyl sites for hydroxylation is 2. The van der Waals surface area contributed by atoms with E-state index in [-0.39, 0.29) is 6.04 Å². The molecule has 3 nitrogen and oxygen atoms in total. The Balaban J connectivity index is 2.37. The van der Waals surface area contributed by atoms with Gasteiger partial charge in [-0.05, 0) is 37.8 Å². The Labute approximate surface area is 121 Å². The molecule has 20 heavy (non-hydrogen) atoms. The Morgan fingerprint density at radius 3 is 2.35 bits per heavy atom. The summed E-state index contributed by atoms with van der Waals surface area (Å²) in [5, 5.41) is 4.64. The van der Waals surface area contributed by atoms with Gasteiger partial charge in [-0.3, -0.25) is 4.68 Å². The first-order valence-corrected chi connectivity index (χ1v) is 7.48. The van der Waals surface area contributed by atoms with Gasteiger partial charge in [-0.15, -0.1) is 0 Å². The third kappa shape index (κ3) is 2.78. The van der Waals surface area contributed by atoms with Crippen molar-refractivity contribution in [2.24, 2.45) is 5.73 Å². The fourth-order valence-corrected chi connectivity index (χ4v) is 2.68. The van der Waals surface area contributed by atoms with Gasteiger partial charge in [0.05, 0.1) is 5.69 Å². The van der Waals surface area contributed by atoms with Gasteiger partial charge < -0.3 is 5.73 Å². The molecule has 0 aliphatic carbocycles. The van der Waals surface area contributed by atoms with Crippen LogP contribution < -0.4 is 5.73 Å². The third-order valence-corrected chi connectivity index (χ3v) is 3.88. The highest BCUT2D eigenvalue weighted by atomic mass is 15.3. The van der Waals surface area contributed by atoms with Gasteiger partial charge in [-0.25, -0.2) is 0 Å². The van der Waals surface area contributed by atoms with E-state index in [0.29, 0.717) is 0 Å². The van der Waals surface area contributed by atoms with Gasteiger partial charge in [0.25, 0.3) is 0 Å². The monoisotopic (exact) mass is 271 g/mol. The lowest BCUT2D eigenvalue weighted by molar-refractivity contribution is 0.583. The van der Waals surface area contributed by atoms with E-state index in [9.17, 15) is 0 Å². The fourth-order valence-electron chi connectivity index (χ4n) is 2.68. The van der Waals surface area contributed by atoms with Crippen LogP contribution in [0, 0.1) is 13.8 Å². The Morgan fingerprint density at radius 1 is 1.15 bits per heavy atom. The van der Waals surface area contributed by atoms with Gasteiger partial charge in [0.1, 0.15) is 0 Å². The lowest BCUT2D eigenvalue weighted by Gasteiger charge is -2.10. The van der Waals surface area contributed by atoms with Crippen LogP contribution in [0.2, 0.25) is 0 Å². The summed E-state index contributed by atoms with van der Waals surface area (Å²) in [6, 6.07) is 8.74. The highest BCUT2D eigenvalue weighted by molar-refractivity contribution is 5.68. The zero-order chi connectivity index (χ0) is 14.7. The van der Waals surface area contributed by atoms with Crippen LogP contribution in [-0.4, -0.2) is 9.78 Å². The van der Waals surface area contributed by atoms with Crippen LogP contribution in [0.3, 0.4) is 0 Å². The molecule has 1 atom stereocenters. The molecule has 3 heteroatoms. The van der Waals surface area contributed by atoms with Crippen molar-refractivity contribution in [3.05, 3.63) is 41.2 Å². The fraction of sp³-hybridized carbons (Fsp3) is 0.471. The Kier molecular flexibility index (Phi) is 4.61. The van der Waals surface area contributed by atoms with Gasteiger partial charge in [0.2, 0.25) is 0 Å². The SMILES string of the molecule is CCCn1nc(C)c(-c2ccc(C(N)CC)cc2)c1C. The van der Waals surface area contributed by atoms with E-state index < -0.39 is 0 Å². The highest BCUT2D eigenvalue weighted by Crippen LogP contribution is 2.28. The molecule has 0 saturated heterocycles. The first kappa shape index (κ1) is 14.8. The van der Waals surface area contributed by atoms with E-state index in [4.69, 9.17) is 5.73 Å². The second-order valence-electron chi connectivity index (χ2n) is 5.41. The molecule has 0 bridgehead atoms. The van der Waals surface area contributed by atoms with Crippen molar-refractivity contribution in [1.29, 1.82) is 0 Å². The number of hydrogen-bond donors (Lipinski definition) is 1. The zero-order valence-electron chi connectivity index (χ0n) is 13.0. The van der Waals surface area contributed by atoms with E-state index in [1.165, 1.54) is 22.4 Å². The minimum absolute atomic E-state index is 0.133. The number of nitrogens with two attached hydrogens (primary N) is 1. The molecular formula is C17H25N3. The summed E-state index contributed by atoms with van der Waals surface area (Å²) in [6.45, 7) is 9.50. The third-order valence-electron chi connectivity index (χ3n) is 3.88. The minimum atomic E-state index is 0.133. The summed E-state index contributed by atoms with van der Waals surface area (Å²) in [5.41, 5.74) is 12.1. The molecule has 2 aromatic rings. The maximum Gasteiger partial charge on any atom is 0.0674 e. The molecule has 2 rings (SSSR count). The van der Waals surface area contributed by atoms with Crippen molar-refractivity contribution in [3.8, 4) is 11.1 Å². The van der Waals surface area contributed by atoms with E-state index in [1.807, 2.05) is 0 Å². The Hall–Kier alpha value is -1.61. The first-order chi connectivity index (χ1) is 9.58. The number of nitrogens with zero attached hydrogens (tertiary/aromatic N) is 2. The van der Waals surface area contributed by atoms with Gasteiger partial charge in [-0.2, -0.15) is 5.10 Å². The maximum atomic E-state index is 6.07. The average molecular weight is 271 g/mol. The number of benzene rings is 1. The van der Waals surface area contributed by atoms with Crippen LogP contribution in [0.5, 0.6) is 0 Å². The minimum Gasteiger partial charge on any atom is -0.324 e. The molecule has 1 aromatic carbocycles. The molecule has 108 valence electrons. The Bertz CT molecular complexity index is 567. The number of aromatic nitrogens is 2. The molecule has 0 aliphatic heterocycles. The smallest absolute Gasteiger partial charge is 0.0674 e.